The molecule has 1 unspecified atom stereocenters. The Morgan fingerprint density at radius 2 is 1.82 bits per heavy atom. The van der Waals surface area contributed by atoms with E-state index in [0.29, 0.717) is 10.6 Å². The van der Waals surface area contributed by atoms with E-state index in [4.69, 9.17) is 0 Å². The molecular weight excluding hydrogens is 264 g/mol. The van der Waals surface area contributed by atoms with E-state index in [0.717, 1.165) is 11.2 Å². The fraction of sp³-hybridized carbons (Fsp3) is 0.333. The summed E-state index contributed by atoms with van der Waals surface area (Å²) >= 11 is 0. The highest BCUT2D eigenvalue weighted by atomic mass is 32.3. The fourth-order valence-electron chi connectivity index (χ4n) is 1.12. The minimum absolute atomic E-state index is 0.340. The summed E-state index contributed by atoms with van der Waals surface area (Å²) in [6.45, 7) is 0. The van der Waals surface area contributed by atoms with Crippen molar-refractivity contribution in [3.63, 3.8) is 0 Å². The molecule has 0 N–H and O–H groups in total. The second-order valence-electron chi connectivity index (χ2n) is 3.22. The Morgan fingerprint density at radius 1 is 1.29 bits per heavy atom. The average molecular weight is 277 g/mol. The lowest BCUT2D eigenvalue weighted by atomic mass is 10.3. The maximum absolute atomic E-state index is 11.1. The predicted molar refractivity (Wildman–Crippen MR) is 65.6 cm³/mol. The molecule has 0 aliphatic heterocycles. The van der Waals surface area contributed by atoms with Gasteiger partial charge in [-0.05, 0) is 18.4 Å². The van der Waals surface area contributed by atoms with Crippen LogP contribution in [0.3, 0.4) is 0 Å². The molecule has 1 aromatic rings. The van der Waals surface area contributed by atoms with Crippen LogP contribution in [0.5, 0.6) is 0 Å². The molecule has 0 aliphatic rings. The van der Waals surface area contributed by atoms with Gasteiger partial charge in [-0.15, -0.1) is 3.77 Å². The average Bonchev–Trinajstić information content (AvgIpc) is 2.26. The number of rotatable bonds is 4. The van der Waals surface area contributed by atoms with E-state index in [-0.39, 0.29) is 0 Å². The molecule has 0 radical (unpaired) electrons. The smallest absolute Gasteiger partial charge is 0.230 e. The number of benzene rings is 1. The van der Waals surface area contributed by atoms with Crippen LogP contribution in [0, 0.1) is 4.91 Å². The summed E-state index contributed by atoms with van der Waals surface area (Å²) in [6.07, 6.45) is 2.75. The van der Waals surface area contributed by atoms with Gasteiger partial charge in [0.15, 0.2) is 7.11 Å². The van der Waals surface area contributed by atoms with E-state index >= 15 is 0 Å². The highest BCUT2D eigenvalue weighted by molar-refractivity contribution is 7.99. The molecule has 0 saturated carbocycles. The van der Waals surface area contributed by atoms with E-state index in [2.05, 4.69) is 8.61 Å². The van der Waals surface area contributed by atoms with Gasteiger partial charge in [0, 0.05) is 17.0 Å². The molecule has 0 aliphatic carbocycles. The second kappa shape index (κ2) is 5.37. The SMILES string of the molecule is CO[N+](=O)c1ccc(S(C)=NS(C)(=O)=O)cc1. The lowest BCUT2D eigenvalue weighted by Gasteiger charge is -2.00. The van der Waals surface area contributed by atoms with Crippen LogP contribution >= 0.6 is 0 Å². The monoisotopic (exact) mass is 277 g/mol. The molecule has 0 bridgehead atoms. The number of hydrogen-bond donors (Lipinski definition) is 0. The normalized spacial score (nSPS) is 13.4. The molecule has 94 valence electrons. The Morgan fingerprint density at radius 3 is 2.24 bits per heavy atom. The van der Waals surface area contributed by atoms with Gasteiger partial charge in [0.25, 0.3) is 14.9 Å². The van der Waals surface area contributed by atoms with Gasteiger partial charge in [-0.3, -0.25) is 0 Å². The van der Waals surface area contributed by atoms with Crippen LogP contribution in [-0.4, -0.2) is 33.0 Å². The topological polar surface area (TPSA) is 75.8 Å². The zero-order valence-electron chi connectivity index (χ0n) is 9.65. The van der Waals surface area contributed by atoms with Crippen LogP contribution in [0.2, 0.25) is 0 Å². The first-order chi connectivity index (χ1) is 7.83. The van der Waals surface area contributed by atoms with Crippen molar-refractivity contribution in [1.29, 1.82) is 0 Å². The molecule has 1 rings (SSSR count). The third kappa shape index (κ3) is 4.23. The minimum Gasteiger partial charge on any atom is -0.230 e. The highest BCUT2D eigenvalue weighted by Crippen LogP contribution is 2.16. The van der Waals surface area contributed by atoms with E-state index in [1.807, 2.05) is 0 Å². The highest BCUT2D eigenvalue weighted by Gasteiger charge is 2.13. The van der Waals surface area contributed by atoms with Crippen LogP contribution in [0.4, 0.5) is 5.69 Å². The molecule has 0 aromatic heterocycles. The van der Waals surface area contributed by atoms with Crippen LogP contribution in [0.15, 0.2) is 32.9 Å². The van der Waals surface area contributed by atoms with Crippen LogP contribution in [-0.2, 0) is 25.6 Å². The lowest BCUT2D eigenvalue weighted by molar-refractivity contribution is -0.736. The third-order valence-electron chi connectivity index (χ3n) is 1.80. The van der Waals surface area contributed by atoms with E-state index < -0.39 is 20.7 Å². The molecule has 6 nitrogen and oxygen atoms in total. The number of hydrogen-bond acceptors (Lipinski definition) is 4. The molecule has 0 amide bonds. The summed E-state index contributed by atoms with van der Waals surface area (Å²) in [6, 6.07) is 6.40. The molecule has 1 atom stereocenters. The van der Waals surface area contributed by atoms with Gasteiger partial charge in [0.05, 0.1) is 11.2 Å². The van der Waals surface area contributed by atoms with E-state index in [1.54, 1.807) is 30.5 Å². The summed E-state index contributed by atoms with van der Waals surface area (Å²) < 4.78 is 25.6. The van der Waals surface area contributed by atoms with Crippen molar-refractivity contribution in [3.05, 3.63) is 29.2 Å². The summed E-state index contributed by atoms with van der Waals surface area (Å²) in [5, 5.41) is 0. The maximum Gasteiger partial charge on any atom is 0.316 e. The van der Waals surface area contributed by atoms with Gasteiger partial charge in [-0.2, -0.15) is 0 Å². The fourth-order valence-corrected chi connectivity index (χ4v) is 3.62. The van der Waals surface area contributed by atoms with Crippen LogP contribution in [0.1, 0.15) is 0 Å². The standard InChI is InChI=1S/C9H13N2O4S2/c1-15-11(12)8-4-6-9(7-5-8)16(2)10-17(3,13)14/h4-7H,1-3H3/q+1. The Kier molecular flexibility index (Phi) is 4.35. The zero-order valence-corrected chi connectivity index (χ0v) is 11.3. The quantitative estimate of drug-likeness (QED) is 0.780. The molecule has 1 aromatic carbocycles. The second-order valence-corrected chi connectivity index (χ2v) is 6.71. The molecule has 17 heavy (non-hydrogen) atoms. The summed E-state index contributed by atoms with van der Waals surface area (Å²) in [4.78, 5) is 16.7. The van der Waals surface area contributed by atoms with Gasteiger partial charge < -0.3 is 0 Å². The van der Waals surface area contributed by atoms with Crippen molar-refractivity contribution in [3.8, 4) is 0 Å². The van der Waals surface area contributed by atoms with Gasteiger partial charge in [0.1, 0.15) is 0 Å². The molecule has 0 heterocycles. The number of sulfonamides is 1. The van der Waals surface area contributed by atoms with Crippen molar-refractivity contribution in [2.45, 2.75) is 4.90 Å². The van der Waals surface area contributed by atoms with Crippen molar-refractivity contribution in [1.82, 2.24) is 0 Å². The summed E-state index contributed by atoms with van der Waals surface area (Å²) in [7, 11) is -2.84. The van der Waals surface area contributed by atoms with Gasteiger partial charge in [-0.25, -0.2) is 13.3 Å². The largest absolute Gasteiger partial charge is 0.316 e. The molecule has 0 fully saturated rings. The van der Waals surface area contributed by atoms with Crippen molar-refractivity contribution in [2.24, 2.45) is 3.77 Å². The van der Waals surface area contributed by atoms with Crippen LogP contribution in [0.25, 0.3) is 0 Å². The van der Waals surface area contributed by atoms with Crippen molar-refractivity contribution >= 4 is 26.4 Å². The first-order valence-corrected chi connectivity index (χ1v) is 7.98. The summed E-state index contributed by atoms with van der Waals surface area (Å²) in [5.74, 6) is 0. The van der Waals surface area contributed by atoms with Gasteiger partial charge in [0.2, 0.25) is 0 Å². The van der Waals surface area contributed by atoms with Gasteiger partial charge in [-0.1, -0.05) is 10.7 Å². The Hall–Kier alpha value is -1.28. The first-order valence-electron chi connectivity index (χ1n) is 4.54. The van der Waals surface area contributed by atoms with Crippen LogP contribution < -0.4 is 0 Å². The summed E-state index contributed by atoms with van der Waals surface area (Å²) in [5.41, 5.74) is 0.340. The molecule has 8 heteroatoms. The van der Waals surface area contributed by atoms with E-state index in [9.17, 15) is 13.3 Å². The number of nitrogens with zero attached hydrogens (tertiary/aromatic N) is 2. The third-order valence-corrected chi connectivity index (χ3v) is 4.73. The van der Waals surface area contributed by atoms with Gasteiger partial charge >= 0.3 is 5.69 Å². The molecular formula is C9H13N2O4S2+. The zero-order chi connectivity index (χ0) is 13.1. The Balaban J connectivity index is 3.04. The predicted octanol–water partition coefficient (Wildman–Crippen LogP) is 1.41. The van der Waals surface area contributed by atoms with Crippen molar-refractivity contribution < 1.29 is 18.2 Å². The Bertz CT molecular complexity index is 549. The van der Waals surface area contributed by atoms with Crippen molar-refractivity contribution in [2.75, 3.05) is 19.6 Å². The molecule has 0 saturated heterocycles. The lowest BCUT2D eigenvalue weighted by Crippen LogP contribution is -1.99. The maximum atomic E-state index is 11.1. The molecule has 0 spiro atoms. The van der Waals surface area contributed by atoms with E-state index in [1.165, 1.54) is 7.11 Å². The first kappa shape index (κ1) is 13.8. The minimum atomic E-state index is -3.36. The Labute approximate surface area is 102 Å².